The van der Waals surface area contributed by atoms with Gasteiger partial charge < -0.3 is 0 Å². The Labute approximate surface area is 115 Å². The summed E-state index contributed by atoms with van der Waals surface area (Å²) in [6.07, 6.45) is 0. The number of hydrogen-bond donors (Lipinski definition) is 0. The zero-order valence-corrected chi connectivity index (χ0v) is 12.5. The van der Waals surface area contributed by atoms with Gasteiger partial charge in [0.15, 0.2) is 0 Å². The molecule has 0 aliphatic heterocycles. The molecule has 0 spiro atoms. The van der Waals surface area contributed by atoms with Crippen molar-refractivity contribution in [2.75, 3.05) is 0 Å². The largest absolute Gasteiger partial charge is 0.0843 e. The summed E-state index contributed by atoms with van der Waals surface area (Å²) in [6.45, 7) is 4.64. The van der Waals surface area contributed by atoms with Gasteiger partial charge in [-0.3, -0.25) is 0 Å². The fraction of sp³-hybridized carbons (Fsp3) is 0.125. The highest BCUT2D eigenvalue weighted by Gasteiger charge is 2.03. The second-order valence-electron chi connectivity index (χ2n) is 4.50. The van der Waals surface area contributed by atoms with Crippen molar-refractivity contribution < 1.29 is 0 Å². The first-order valence-electron chi connectivity index (χ1n) is 6.03. The van der Waals surface area contributed by atoms with Gasteiger partial charge in [-0.1, -0.05) is 54.7 Å². The van der Waals surface area contributed by atoms with E-state index < -0.39 is 8.80 Å². The van der Waals surface area contributed by atoms with Crippen LogP contribution in [0.25, 0.3) is 0 Å². The minimum Gasteiger partial charge on any atom is -0.0843 e. The molecule has 2 aromatic rings. The fourth-order valence-corrected chi connectivity index (χ4v) is 3.20. The number of rotatable bonds is 1. The first kappa shape index (κ1) is 13.0. The minimum absolute atomic E-state index is 0.746. The predicted octanol–water partition coefficient (Wildman–Crippen LogP) is 3.43. The molecule has 90 valence electrons. The van der Waals surface area contributed by atoms with Gasteiger partial charge in [0.25, 0.3) is 0 Å². The molecule has 0 heterocycles. The summed E-state index contributed by atoms with van der Waals surface area (Å²) in [5, 5.41) is 2.18. The Hall–Kier alpha value is -1.49. The van der Waals surface area contributed by atoms with Gasteiger partial charge in [0.05, 0.1) is 8.80 Å². The maximum Gasteiger partial charge on any atom is 0.0663 e. The highest BCUT2D eigenvalue weighted by atomic mass is 35.5. The average Bonchev–Trinajstić information content (AvgIpc) is 2.38. The van der Waals surface area contributed by atoms with Crippen molar-refractivity contribution in [2.24, 2.45) is 0 Å². The standard InChI is InChI=1S/C16H15ClSi/c1-18(2)16-6-4-3-5-14(16)10-7-13-8-11-15(17)12-9-13/h3-6,8-9,11-12,18H,1-2H3. The van der Waals surface area contributed by atoms with Gasteiger partial charge in [-0.15, -0.1) is 0 Å². The van der Waals surface area contributed by atoms with Crippen LogP contribution in [0.5, 0.6) is 0 Å². The number of hydrogen-bond acceptors (Lipinski definition) is 0. The van der Waals surface area contributed by atoms with Crippen LogP contribution in [0.4, 0.5) is 0 Å². The summed E-state index contributed by atoms with van der Waals surface area (Å²) in [4.78, 5) is 0. The van der Waals surface area contributed by atoms with E-state index in [4.69, 9.17) is 11.6 Å². The van der Waals surface area contributed by atoms with Gasteiger partial charge in [0.1, 0.15) is 0 Å². The minimum atomic E-state index is -0.825. The van der Waals surface area contributed by atoms with Crippen LogP contribution in [-0.4, -0.2) is 8.80 Å². The molecule has 0 nitrogen and oxygen atoms in total. The first-order valence-corrected chi connectivity index (χ1v) is 9.30. The molecule has 2 aromatic carbocycles. The van der Waals surface area contributed by atoms with E-state index in [9.17, 15) is 0 Å². The molecule has 18 heavy (non-hydrogen) atoms. The van der Waals surface area contributed by atoms with Crippen molar-refractivity contribution in [1.82, 2.24) is 0 Å². The van der Waals surface area contributed by atoms with Crippen molar-refractivity contribution in [2.45, 2.75) is 13.1 Å². The molecule has 0 bridgehead atoms. The molecule has 0 saturated carbocycles. The summed E-state index contributed by atoms with van der Waals surface area (Å²) in [5.41, 5.74) is 2.16. The summed E-state index contributed by atoms with van der Waals surface area (Å²) in [5.74, 6) is 6.47. The second kappa shape index (κ2) is 5.91. The van der Waals surface area contributed by atoms with Crippen molar-refractivity contribution in [1.29, 1.82) is 0 Å². The first-order chi connectivity index (χ1) is 8.66. The molecule has 0 saturated heterocycles. The maximum absolute atomic E-state index is 5.85. The number of benzene rings is 2. The summed E-state index contributed by atoms with van der Waals surface area (Å²) in [6, 6.07) is 16.1. The third-order valence-corrected chi connectivity index (χ3v) is 4.77. The van der Waals surface area contributed by atoms with E-state index in [0.717, 1.165) is 16.1 Å². The third-order valence-electron chi connectivity index (χ3n) is 2.77. The zero-order valence-electron chi connectivity index (χ0n) is 10.6. The molecule has 0 aliphatic carbocycles. The SMILES string of the molecule is C[SiH](C)c1ccccc1C#Cc1ccc(Cl)cc1. The van der Waals surface area contributed by atoms with Gasteiger partial charge in [-0.2, -0.15) is 0 Å². The molecule has 0 fully saturated rings. The van der Waals surface area contributed by atoms with Crippen molar-refractivity contribution >= 4 is 25.6 Å². The molecule has 0 atom stereocenters. The van der Waals surface area contributed by atoms with Crippen LogP contribution in [0.3, 0.4) is 0 Å². The lowest BCUT2D eigenvalue weighted by Gasteiger charge is -2.05. The third kappa shape index (κ3) is 3.26. The maximum atomic E-state index is 5.85. The van der Waals surface area contributed by atoms with Gasteiger partial charge >= 0.3 is 0 Å². The molecule has 2 rings (SSSR count). The Balaban J connectivity index is 2.32. The molecule has 0 radical (unpaired) electrons. The Morgan fingerprint density at radius 2 is 1.56 bits per heavy atom. The smallest absolute Gasteiger partial charge is 0.0663 e. The highest BCUT2D eigenvalue weighted by Crippen LogP contribution is 2.08. The topological polar surface area (TPSA) is 0 Å². The molecule has 0 aromatic heterocycles. The molecule has 2 heteroatoms. The van der Waals surface area contributed by atoms with Crippen LogP contribution in [0, 0.1) is 11.8 Å². The lowest BCUT2D eigenvalue weighted by Crippen LogP contribution is -2.25. The van der Waals surface area contributed by atoms with Crippen LogP contribution >= 0.6 is 11.6 Å². The quantitative estimate of drug-likeness (QED) is 0.550. The van der Waals surface area contributed by atoms with E-state index in [1.807, 2.05) is 30.3 Å². The van der Waals surface area contributed by atoms with Crippen LogP contribution in [0.2, 0.25) is 18.1 Å². The molecule has 0 N–H and O–H groups in total. The summed E-state index contributed by atoms with van der Waals surface area (Å²) in [7, 11) is -0.825. The molecular weight excluding hydrogens is 256 g/mol. The van der Waals surface area contributed by atoms with E-state index >= 15 is 0 Å². The van der Waals surface area contributed by atoms with Crippen LogP contribution < -0.4 is 5.19 Å². The molecule has 0 aliphatic rings. The van der Waals surface area contributed by atoms with Crippen LogP contribution in [0.15, 0.2) is 48.5 Å². The molecular formula is C16H15ClSi. The van der Waals surface area contributed by atoms with Crippen LogP contribution in [0.1, 0.15) is 11.1 Å². The predicted molar refractivity (Wildman–Crippen MR) is 82.4 cm³/mol. The Kier molecular flexibility index (Phi) is 4.25. The Morgan fingerprint density at radius 3 is 2.22 bits per heavy atom. The van der Waals surface area contributed by atoms with Crippen molar-refractivity contribution in [3.8, 4) is 11.8 Å². The normalized spacial score (nSPS) is 10.0. The molecule has 0 unspecified atom stereocenters. The molecule has 0 amide bonds. The van der Waals surface area contributed by atoms with Gasteiger partial charge in [0.2, 0.25) is 0 Å². The Morgan fingerprint density at radius 1 is 0.889 bits per heavy atom. The van der Waals surface area contributed by atoms with E-state index in [1.165, 1.54) is 5.19 Å². The van der Waals surface area contributed by atoms with E-state index in [1.54, 1.807) is 0 Å². The monoisotopic (exact) mass is 270 g/mol. The highest BCUT2D eigenvalue weighted by molar-refractivity contribution is 6.71. The van der Waals surface area contributed by atoms with Crippen molar-refractivity contribution in [3.05, 3.63) is 64.7 Å². The van der Waals surface area contributed by atoms with E-state index in [0.29, 0.717) is 0 Å². The lowest BCUT2D eigenvalue weighted by molar-refractivity contribution is 1.63. The summed E-state index contributed by atoms with van der Waals surface area (Å²) < 4.78 is 0. The fourth-order valence-electron chi connectivity index (χ4n) is 1.79. The van der Waals surface area contributed by atoms with Gasteiger partial charge in [-0.05, 0) is 35.5 Å². The van der Waals surface area contributed by atoms with Gasteiger partial charge in [-0.25, -0.2) is 0 Å². The summed E-state index contributed by atoms with van der Waals surface area (Å²) >= 11 is 5.85. The average molecular weight is 271 g/mol. The zero-order chi connectivity index (χ0) is 13.0. The Bertz CT molecular complexity index is 588. The lowest BCUT2D eigenvalue weighted by atomic mass is 10.2. The second-order valence-corrected chi connectivity index (χ2v) is 7.87. The van der Waals surface area contributed by atoms with E-state index in [-0.39, 0.29) is 0 Å². The van der Waals surface area contributed by atoms with Crippen LogP contribution in [-0.2, 0) is 0 Å². The van der Waals surface area contributed by atoms with Gasteiger partial charge in [0, 0.05) is 16.1 Å². The van der Waals surface area contributed by atoms with E-state index in [2.05, 4.69) is 43.1 Å². The van der Waals surface area contributed by atoms with Crippen molar-refractivity contribution in [3.63, 3.8) is 0 Å². The number of halogens is 1.